The molecule has 0 spiro atoms. The van der Waals surface area contributed by atoms with Gasteiger partial charge >= 0.3 is 0 Å². The molecule has 1 atom stereocenters. The fourth-order valence-electron chi connectivity index (χ4n) is 1.70. The summed E-state index contributed by atoms with van der Waals surface area (Å²) in [6, 6.07) is 1.85. The first-order valence-corrected chi connectivity index (χ1v) is 4.63. The zero-order valence-corrected chi connectivity index (χ0v) is 7.94. The summed E-state index contributed by atoms with van der Waals surface area (Å²) >= 11 is 0. The van der Waals surface area contributed by atoms with E-state index < -0.39 is 6.10 Å². The van der Waals surface area contributed by atoms with Gasteiger partial charge in [-0.25, -0.2) is 0 Å². The Bertz CT molecular complexity index is 183. The minimum absolute atomic E-state index is 0.473. The van der Waals surface area contributed by atoms with Crippen LogP contribution in [0.1, 0.15) is 19.3 Å². The van der Waals surface area contributed by atoms with Crippen LogP contribution >= 0.6 is 0 Å². The Morgan fingerprint density at radius 3 is 2.69 bits per heavy atom. The number of hydrogen-bond acceptors (Lipinski definition) is 4. The first-order chi connectivity index (χ1) is 6.26. The minimum Gasteiger partial charge on any atom is -0.378 e. The summed E-state index contributed by atoms with van der Waals surface area (Å²) in [5.41, 5.74) is 0. The normalized spacial score (nSPS) is 22.5. The third kappa shape index (κ3) is 3.31. The third-order valence-electron chi connectivity index (χ3n) is 2.54. The lowest BCUT2D eigenvalue weighted by Gasteiger charge is -2.30. The summed E-state index contributed by atoms with van der Waals surface area (Å²) in [5, 5.41) is 19.5. The predicted octanol–water partition coefficient (Wildman–Crippen LogP) is 0.534. The summed E-state index contributed by atoms with van der Waals surface area (Å²) in [5.74, 6) is 0.473. The number of hydrogen-bond donors (Lipinski definition) is 1. The van der Waals surface area contributed by atoms with Crippen molar-refractivity contribution in [2.45, 2.75) is 25.4 Å². The maximum absolute atomic E-state index is 9.13. The molecule has 4 heteroatoms. The Labute approximate surface area is 78.7 Å². The molecule has 74 valence electrons. The molecule has 1 fully saturated rings. The molecule has 1 heterocycles. The van der Waals surface area contributed by atoms with Crippen molar-refractivity contribution >= 4 is 0 Å². The van der Waals surface area contributed by atoms with E-state index in [-0.39, 0.29) is 0 Å². The van der Waals surface area contributed by atoms with Crippen LogP contribution in [0.4, 0.5) is 0 Å². The van der Waals surface area contributed by atoms with Crippen LogP contribution in [-0.2, 0) is 4.84 Å². The Kier molecular flexibility index (Phi) is 4.16. The molecule has 1 aliphatic heterocycles. The van der Waals surface area contributed by atoms with Gasteiger partial charge in [-0.3, -0.25) is 0 Å². The zero-order chi connectivity index (χ0) is 9.68. The van der Waals surface area contributed by atoms with E-state index in [1.165, 1.54) is 0 Å². The van der Waals surface area contributed by atoms with Gasteiger partial charge in [0, 0.05) is 13.1 Å². The minimum atomic E-state index is -0.793. The molecule has 0 amide bonds. The predicted molar refractivity (Wildman–Crippen MR) is 47.5 cm³/mol. The molecule has 13 heavy (non-hydrogen) atoms. The fourth-order valence-corrected chi connectivity index (χ4v) is 1.70. The molecule has 1 rings (SSSR count). The van der Waals surface area contributed by atoms with E-state index in [1.807, 2.05) is 11.1 Å². The molecule has 1 unspecified atom stereocenters. The van der Waals surface area contributed by atoms with Crippen molar-refractivity contribution in [2.24, 2.45) is 5.92 Å². The lowest BCUT2D eigenvalue weighted by atomic mass is 9.92. The monoisotopic (exact) mass is 184 g/mol. The topological polar surface area (TPSA) is 56.5 Å². The summed E-state index contributed by atoms with van der Waals surface area (Å²) in [6.07, 6.45) is 1.83. The quantitative estimate of drug-likeness (QED) is 0.650. The lowest BCUT2D eigenvalue weighted by Crippen LogP contribution is -2.33. The number of rotatable bonds is 3. The molecule has 0 aliphatic carbocycles. The van der Waals surface area contributed by atoms with E-state index in [0.29, 0.717) is 12.3 Å². The number of piperidine rings is 1. The Morgan fingerprint density at radius 2 is 2.23 bits per heavy atom. The van der Waals surface area contributed by atoms with Crippen molar-refractivity contribution in [1.82, 2.24) is 5.06 Å². The second-order valence-electron chi connectivity index (χ2n) is 3.44. The SMILES string of the molecule is CON1CCC(CC(O)C#N)CC1. The lowest BCUT2D eigenvalue weighted by molar-refractivity contribution is -0.149. The third-order valence-corrected chi connectivity index (χ3v) is 2.54. The highest BCUT2D eigenvalue weighted by Crippen LogP contribution is 2.21. The van der Waals surface area contributed by atoms with Crippen LogP contribution < -0.4 is 0 Å². The number of nitriles is 1. The van der Waals surface area contributed by atoms with Gasteiger partial charge in [-0.1, -0.05) is 0 Å². The van der Waals surface area contributed by atoms with E-state index in [2.05, 4.69) is 0 Å². The van der Waals surface area contributed by atoms with Crippen molar-refractivity contribution < 1.29 is 9.94 Å². The largest absolute Gasteiger partial charge is 0.378 e. The highest BCUT2D eigenvalue weighted by atomic mass is 16.7. The van der Waals surface area contributed by atoms with Gasteiger partial charge in [-0.15, -0.1) is 0 Å². The van der Waals surface area contributed by atoms with E-state index in [9.17, 15) is 0 Å². The first kappa shape index (κ1) is 10.5. The molecule has 4 nitrogen and oxygen atoms in total. The summed E-state index contributed by atoms with van der Waals surface area (Å²) in [7, 11) is 1.67. The fraction of sp³-hybridized carbons (Fsp3) is 0.889. The van der Waals surface area contributed by atoms with Gasteiger partial charge in [-0.2, -0.15) is 10.3 Å². The van der Waals surface area contributed by atoms with Gasteiger partial charge < -0.3 is 9.94 Å². The molecule has 0 aromatic heterocycles. The van der Waals surface area contributed by atoms with Gasteiger partial charge in [0.1, 0.15) is 6.10 Å². The average molecular weight is 184 g/mol. The molecular weight excluding hydrogens is 168 g/mol. The van der Waals surface area contributed by atoms with Gasteiger partial charge in [0.25, 0.3) is 0 Å². The van der Waals surface area contributed by atoms with Gasteiger partial charge in [0.05, 0.1) is 13.2 Å². The molecule has 1 saturated heterocycles. The number of nitrogens with zero attached hydrogens (tertiary/aromatic N) is 2. The van der Waals surface area contributed by atoms with E-state index in [0.717, 1.165) is 25.9 Å². The summed E-state index contributed by atoms with van der Waals surface area (Å²) < 4.78 is 0. The van der Waals surface area contributed by atoms with Gasteiger partial charge in [0.15, 0.2) is 0 Å². The van der Waals surface area contributed by atoms with Gasteiger partial charge in [-0.05, 0) is 25.2 Å². The highest BCUT2D eigenvalue weighted by molar-refractivity contribution is 4.85. The van der Waals surface area contributed by atoms with Crippen molar-refractivity contribution in [3.8, 4) is 6.07 Å². The second kappa shape index (κ2) is 5.18. The Balaban J connectivity index is 2.22. The number of hydroxylamine groups is 2. The van der Waals surface area contributed by atoms with Crippen LogP contribution in [0.5, 0.6) is 0 Å². The molecule has 0 radical (unpaired) electrons. The van der Waals surface area contributed by atoms with Crippen LogP contribution in [0.25, 0.3) is 0 Å². The van der Waals surface area contributed by atoms with Crippen molar-refractivity contribution in [3.63, 3.8) is 0 Å². The zero-order valence-electron chi connectivity index (χ0n) is 7.94. The smallest absolute Gasteiger partial charge is 0.140 e. The Hall–Kier alpha value is -0.630. The molecular formula is C9H16N2O2. The molecule has 0 aromatic carbocycles. The van der Waals surface area contributed by atoms with Crippen molar-refractivity contribution in [3.05, 3.63) is 0 Å². The molecule has 1 aliphatic rings. The number of aliphatic hydroxyl groups excluding tert-OH is 1. The van der Waals surface area contributed by atoms with E-state index in [1.54, 1.807) is 7.11 Å². The standard InChI is InChI=1S/C9H16N2O2/c1-13-11-4-2-8(3-5-11)6-9(12)7-10/h8-9,12H,2-6H2,1H3. The van der Waals surface area contributed by atoms with Crippen LogP contribution in [0.15, 0.2) is 0 Å². The van der Waals surface area contributed by atoms with Crippen molar-refractivity contribution in [1.29, 1.82) is 5.26 Å². The van der Waals surface area contributed by atoms with Crippen LogP contribution in [-0.4, -0.2) is 36.5 Å². The summed E-state index contributed by atoms with van der Waals surface area (Å²) in [6.45, 7) is 1.80. The summed E-state index contributed by atoms with van der Waals surface area (Å²) in [4.78, 5) is 5.08. The van der Waals surface area contributed by atoms with Gasteiger partial charge in [0.2, 0.25) is 0 Å². The molecule has 0 saturated carbocycles. The average Bonchev–Trinajstić information content (AvgIpc) is 2.19. The van der Waals surface area contributed by atoms with Crippen LogP contribution in [0.2, 0.25) is 0 Å². The molecule has 0 aromatic rings. The van der Waals surface area contributed by atoms with Crippen molar-refractivity contribution in [2.75, 3.05) is 20.2 Å². The van der Waals surface area contributed by atoms with Crippen LogP contribution in [0.3, 0.4) is 0 Å². The van der Waals surface area contributed by atoms with E-state index in [4.69, 9.17) is 15.2 Å². The Morgan fingerprint density at radius 1 is 1.62 bits per heavy atom. The molecule has 1 N–H and O–H groups in total. The number of aliphatic hydroxyl groups is 1. The van der Waals surface area contributed by atoms with E-state index >= 15 is 0 Å². The molecule has 0 bridgehead atoms. The maximum Gasteiger partial charge on any atom is 0.140 e. The first-order valence-electron chi connectivity index (χ1n) is 4.63. The maximum atomic E-state index is 9.13. The van der Waals surface area contributed by atoms with Crippen LogP contribution in [0, 0.1) is 17.2 Å². The highest BCUT2D eigenvalue weighted by Gasteiger charge is 2.21. The second-order valence-corrected chi connectivity index (χ2v) is 3.44.